The second-order valence-corrected chi connectivity index (χ2v) is 5.67. The second kappa shape index (κ2) is 6.54. The van der Waals surface area contributed by atoms with E-state index in [0.717, 1.165) is 5.56 Å². The number of carbonyl (C=O) groups is 2. The number of nitrogens with zero attached hydrogens (tertiary/aromatic N) is 3. The zero-order valence-electron chi connectivity index (χ0n) is 11.1. The molecule has 0 N–H and O–H groups in total. The molecule has 1 aliphatic heterocycles. The Morgan fingerprint density at radius 2 is 2.05 bits per heavy atom. The molecule has 1 unspecified atom stereocenters. The Balaban J connectivity index is 2.15. The first-order chi connectivity index (χ1) is 9.61. The normalized spacial score (nSPS) is 19.3. The average molecular weight is 338 g/mol. The molecule has 0 bridgehead atoms. The summed E-state index contributed by atoms with van der Waals surface area (Å²) in [4.78, 5) is 27.7. The van der Waals surface area contributed by atoms with Crippen molar-refractivity contribution < 1.29 is 14.3 Å². The van der Waals surface area contributed by atoms with Crippen molar-refractivity contribution in [2.45, 2.75) is 19.9 Å². The summed E-state index contributed by atoms with van der Waals surface area (Å²) < 4.78 is 9.09. The van der Waals surface area contributed by atoms with E-state index in [4.69, 9.17) is 4.74 Å². The van der Waals surface area contributed by atoms with E-state index in [1.165, 1.54) is 0 Å². The van der Waals surface area contributed by atoms with Gasteiger partial charge in [0, 0.05) is 0 Å². The van der Waals surface area contributed by atoms with Crippen LogP contribution in [0.2, 0.25) is 0 Å². The first-order valence-corrected chi connectivity index (χ1v) is 7.67. The average Bonchev–Trinajstić information content (AvgIpc) is 2.88. The summed E-state index contributed by atoms with van der Waals surface area (Å²) in [5.41, 5.74) is 1.54. The van der Waals surface area contributed by atoms with Crippen molar-refractivity contribution in [3.63, 3.8) is 0 Å². The van der Waals surface area contributed by atoms with Gasteiger partial charge in [0.25, 0.3) is 0 Å². The number of rotatable bonds is 3. The molecular weight excluding hydrogens is 325 g/mol. The molecular formula is C13H13N3O3Se. The molecule has 0 fully saturated rings. The van der Waals surface area contributed by atoms with Crippen LogP contribution in [0.25, 0.3) is 0 Å². The van der Waals surface area contributed by atoms with Gasteiger partial charge in [0.1, 0.15) is 0 Å². The molecule has 0 saturated heterocycles. The molecule has 20 heavy (non-hydrogen) atoms. The molecule has 1 aliphatic rings. The van der Waals surface area contributed by atoms with Gasteiger partial charge in [0.15, 0.2) is 0 Å². The van der Waals surface area contributed by atoms with E-state index in [2.05, 4.69) is 14.2 Å². The van der Waals surface area contributed by atoms with E-state index >= 15 is 0 Å². The maximum absolute atomic E-state index is 12.0. The topological polar surface area (TPSA) is 80.4 Å². The van der Waals surface area contributed by atoms with Crippen molar-refractivity contribution in [2.75, 3.05) is 6.61 Å². The molecule has 7 heteroatoms. The third-order valence-electron chi connectivity index (χ3n) is 2.55. The predicted molar refractivity (Wildman–Crippen MR) is 74.0 cm³/mol. The van der Waals surface area contributed by atoms with Gasteiger partial charge >= 0.3 is 122 Å². The Morgan fingerprint density at radius 1 is 1.35 bits per heavy atom. The fourth-order valence-corrected chi connectivity index (χ4v) is 2.77. The summed E-state index contributed by atoms with van der Waals surface area (Å²) in [5.74, 6) is -0.894. The van der Waals surface area contributed by atoms with Crippen LogP contribution in [0.5, 0.6) is 0 Å². The quantitative estimate of drug-likeness (QED) is 0.619. The molecule has 104 valence electrons. The third-order valence-corrected chi connectivity index (χ3v) is 3.97. The Morgan fingerprint density at radius 3 is 2.70 bits per heavy atom. The van der Waals surface area contributed by atoms with E-state index in [-0.39, 0.29) is 12.5 Å². The van der Waals surface area contributed by atoms with Crippen molar-refractivity contribution in [3.8, 4) is 0 Å². The number of esters is 1. The van der Waals surface area contributed by atoms with Crippen LogP contribution in [-0.2, 0) is 9.53 Å². The Kier molecular flexibility index (Phi) is 4.76. The fourth-order valence-electron chi connectivity index (χ4n) is 1.52. The number of benzene rings is 1. The summed E-state index contributed by atoms with van der Waals surface area (Å²) in [6.45, 7) is 3.91. The monoisotopic (exact) mass is 339 g/mol. The number of hydrogen-bond acceptors (Lipinski definition) is 5. The predicted octanol–water partition coefficient (Wildman–Crippen LogP) is 1.55. The van der Waals surface area contributed by atoms with Gasteiger partial charge in [0.2, 0.25) is 0 Å². The van der Waals surface area contributed by atoms with Crippen molar-refractivity contribution in [1.82, 2.24) is 0 Å². The number of aryl methyl sites for hydroxylation is 1. The third kappa shape index (κ3) is 3.37. The number of carbonyl (C=O) groups excluding carboxylic acids is 2. The van der Waals surface area contributed by atoms with Crippen LogP contribution >= 0.6 is 0 Å². The van der Waals surface area contributed by atoms with Gasteiger partial charge in [-0.3, -0.25) is 0 Å². The van der Waals surface area contributed by atoms with Gasteiger partial charge in [-0.05, 0) is 0 Å². The molecule has 6 nitrogen and oxygen atoms in total. The van der Waals surface area contributed by atoms with Crippen LogP contribution in [0.1, 0.15) is 22.8 Å². The molecule has 1 aromatic rings. The molecule has 1 atom stereocenters. The van der Waals surface area contributed by atoms with Crippen molar-refractivity contribution in [2.24, 2.45) is 14.2 Å². The molecule has 1 aromatic carbocycles. The van der Waals surface area contributed by atoms with E-state index < -0.39 is 27.2 Å². The molecule has 1 heterocycles. The summed E-state index contributed by atoms with van der Waals surface area (Å²) in [5, 5.41) is 3.79. The molecule has 0 aliphatic carbocycles. The number of hydrogen-bond donors (Lipinski definition) is 0. The van der Waals surface area contributed by atoms with E-state index in [0.29, 0.717) is 10.2 Å². The molecule has 0 saturated carbocycles. The first-order valence-electron chi connectivity index (χ1n) is 6.05. The molecule has 0 radical (unpaired) electrons. The van der Waals surface area contributed by atoms with Gasteiger partial charge < -0.3 is 0 Å². The van der Waals surface area contributed by atoms with Crippen molar-refractivity contribution >= 4 is 31.7 Å². The molecule has 0 aromatic heterocycles. The zero-order chi connectivity index (χ0) is 14.5. The van der Waals surface area contributed by atoms with Gasteiger partial charge in [-0.1, -0.05) is 0 Å². The van der Waals surface area contributed by atoms with E-state index in [9.17, 15) is 9.59 Å². The first kappa shape index (κ1) is 14.6. The minimum absolute atomic E-state index is 0.261. The molecule has 2 rings (SSSR count). The molecule has 0 spiro atoms. The Labute approximate surface area is 122 Å². The van der Waals surface area contributed by atoms with Crippen molar-refractivity contribution in [3.05, 3.63) is 35.4 Å². The summed E-state index contributed by atoms with van der Waals surface area (Å²) >= 11 is -0.419. The van der Waals surface area contributed by atoms with Crippen molar-refractivity contribution in [1.29, 1.82) is 0 Å². The Bertz CT molecular complexity index is 581. The second-order valence-electron chi connectivity index (χ2n) is 4.06. The van der Waals surface area contributed by atoms with Crippen LogP contribution in [0.4, 0.5) is 0 Å². The minimum atomic E-state index is -0.857. The van der Waals surface area contributed by atoms with Crippen LogP contribution in [0.15, 0.2) is 38.5 Å². The Hall–Kier alpha value is -1.85. The van der Waals surface area contributed by atoms with Crippen LogP contribution in [0.3, 0.4) is 0 Å². The maximum atomic E-state index is 12.0. The van der Waals surface area contributed by atoms with Crippen LogP contribution in [-0.4, -0.2) is 44.3 Å². The van der Waals surface area contributed by atoms with Gasteiger partial charge in [-0.25, -0.2) is 0 Å². The summed E-state index contributed by atoms with van der Waals surface area (Å²) in [6.07, 6.45) is 0. The van der Waals surface area contributed by atoms with Gasteiger partial charge in [-0.2, -0.15) is 0 Å². The van der Waals surface area contributed by atoms with Gasteiger partial charge in [-0.15, -0.1) is 0 Å². The standard InChI is InChI=1S/C13H13N3O3Se/c1-3-19-13(18)10-12(20-16-15-10)14-11(17)9-6-4-8(2)5-7-9/h4-7,10H,3H2,1-2H3. The van der Waals surface area contributed by atoms with E-state index in [1.54, 1.807) is 19.1 Å². The van der Waals surface area contributed by atoms with Crippen LogP contribution in [0, 0.1) is 6.92 Å². The number of aliphatic imine (C=N–C) groups is 1. The summed E-state index contributed by atoms with van der Waals surface area (Å²) in [7, 11) is 0. The summed E-state index contributed by atoms with van der Waals surface area (Å²) in [6, 6.07) is 6.23. The van der Waals surface area contributed by atoms with Crippen LogP contribution < -0.4 is 0 Å². The fraction of sp³-hybridized carbons (Fsp3) is 0.308. The van der Waals surface area contributed by atoms with Gasteiger partial charge in [0.05, 0.1) is 0 Å². The zero-order valence-corrected chi connectivity index (χ0v) is 12.8. The molecule has 1 amide bonds. The number of amides is 1. The van der Waals surface area contributed by atoms with E-state index in [1.807, 2.05) is 19.1 Å². The number of ether oxygens (including phenoxy) is 1. The SMILES string of the molecule is CCOC(=O)C1N=N[Se]C1=NC(=O)c1ccc(C)cc1.